The fourth-order valence-corrected chi connectivity index (χ4v) is 2.89. The van der Waals surface area contributed by atoms with Crippen molar-refractivity contribution in [3.8, 4) is 0 Å². The Hall–Kier alpha value is -1.30. The number of guanidine groups is 1. The van der Waals surface area contributed by atoms with Crippen molar-refractivity contribution in [3.63, 3.8) is 0 Å². The number of carbonyl (C=O) groups excluding carboxylic acids is 1. The third-order valence-corrected chi connectivity index (χ3v) is 4.31. The molecule has 0 saturated carbocycles. The van der Waals surface area contributed by atoms with Gasteiger partial charge in [-0.25, -0.2) is 4.99 Å². The first-order chi connectivity index (χ1) is 10.7. The van der Waals surface area contributed by atoms with Crippen LogP contribution in [0.4, 0.5) is 0 Å². The molecule has 0 aromatic rings. The highest BCUT2D eigenvalue weighted by atomic mass is 16.5. The Kier molecular flexibility index (Phi) is 9.88. The van der Waals surface area contributed by atoms with Gasteiger partial charge in [0.1, 0.15) is 6.54 Å². The van der Waals surface area contributed by atoms with Gasteiger partial charge < -0.3 is 19.4 Å². The van der Waals surface area contributed by atoms with Crippen molar-refractivity contribution < 1.29 is 9.53 Å². The van der Waals surface area contributed by atoms with Crippen LogP contribution >= 0.6 is 0 Å². The Bertz CT molecular complexity index is 369. The molecule has 6 heteroatoms. The van der Waals surface area contributed by atoms with Gasteiger partial charge >= 0.3 is 0 Å². The Morgan fingerprint density at radius 1 is 1.04 bits per heavy atom. The van der Waals surface area contributed by atoms with Crippen LogP contribution in [0.1, 0.15) is 33.6 Å². The zero-order valence-electron chi connectivity index (χ0n) is 16.5. The quantitative estimate of drug-likeness (QED) is 0.503. The number of rotatable bonds is 8. The highest BCUT2D eigenvalue weighted by Gasteiger charge is 2.31. The molecule has 0 aliphatic rings. The summed E-state index contributed by atoms with van der Waals surface area (Å²) in [5.74, 6) is 1.18. The maximum atomic E-state index is 12.6. The number of methoxy groups -OCH3 is 1. The number of ether oxygens (including phenoxy) is 1. The first-order valence-corrected chi connectivity index (χ1v) is 8.38. The summed E-state index contributed by atoms with van der Waals surface area (Å²) in [5, 5.41) is 0. The number of hydrogen-bond acceptors (Lipinski definition) is 3. The molecule has 0 spiro atoms. The maximum absolute atomic E-state index is 12.6. The molecule has 0 bridgehead atoms. The van der Waals surface area contributed by atoms with Crippen molar-refractivity contribution in [2.45, 2.75) is 45.8 Å². The van der Waals surface area contributed by atoms with Crippen LogP contribution in [-0.4, -0.2) is 87.6 Å². The van der Waals surface area contributed by atoms with Crippen LogP contribution in [-0.2, 0) is 9.53 Å². The molecule has 3 unspecified atom stereocenters. The topological polar surface area (TPSA) is 48.4 Å². The summed E-state index contributed by atoms with van der Waals surface area (Å²) in [4.78, 5) is 22.7. The van der Waals surface area contributed by atoms with Gasteiger partial charge in [-0.05, 0) is 12.3 Å². The average Bonchev–Trinajstić information content (AvgIpc) is 2.50. The molecule has 136 valence electrons. The van der Waals surface area contributed by atoms with Crippen LogP contribution in [0.2, 0.25) is 0 Å². The molecule has 23 heavy (non-hydrogen) atoms. The number of amides is 1. The normalized spacial score (nSPS) is 14.7. The van der Waals surface area contributed by atoms with E-state index >= 15 is 0 Å². The second-order valence-corrected chi connectivity index (χ2v) is 6.47. The van der Waals surface area contributed by atoms with Gasteiger partial charge in [-0.3, -0.25) is 4.79 Å². The van der Waals surface area contributed by atoms with Gasteiger partial charge in [0.15, 0.2) is 5.96 Å². The average molecular weight is 329 g/mol. The molecule has 0 N–H and O–H groups in total. The minimum absolute atomic E-state index is 0.0204. The molecule has 0 fully saturated rings. The molecule has 3 atom stereocenters. The van der Waals surface area contributed by atoms with E-state index in [4.69, 9.17) is 4.74 Å². The van der Waals surface area contributed by atoms with Crippen LogP contribution in [0.3, 0.4) is 0 Å². The zero-order chi connectivity index (χ0) is 18.2. The Morgan fingerprint density at radius 2 is 1.57 bits per heavy atom. The van der Waals surface area contributed by atoms with Crippen LogP contribution in [0, 0.1) is 5.92 Å². The van der Waals surface area contributed by atoms with Crippen molar-refractivity contribution in [1.29, 1.82) is 0 Å². The largest absolute Gasteiger partial charge is 0.379 e. The molecule has 0 radical (unpaired) electrons. The molecule has 6 nitrogen and oxygen atoms in total. The van der Waals surface area contributed by atoms with Crippen molar-refractivity contribution in [2.75, 3.05) is 48.9 Å². The predicted octanol–water partition coefficient (Wildman–Crippen LogP) is 1.76. The summed E-state index contributed by atoms with van der Waals surface area (Å²) in [6.45, 7) is 6.56. The Morgan fingerprint density at radius 3 is 1.91 bits per heavy atom. The zero-order valence-corrected chi connectivity index (χ0v) is 16.5. The lowest BCUT2D eigenvalue weighted by atomic mass is 9.91. The standard InChI is InChI=1S/C17H36N4O2/c1-10-13(3)16(14(11-2)23-9)21(8)15(22)12-18-17(19(4)5)20(6)7/h13-14,16H,10-12H2,1-9H3. The second kappa shape index (κ2) is 10.5. The van der Waals surface area contributed by atoms with E-state index in [-0.39, 0.29) is 24.6 Å². The van der Waals surface area contributed by atoms with Crippen molar-refractivity contribution in [1.82, 2.24) is 14.7 Å². The molecule has 1 amide bonds. The smallest absolute Gasteiger partial charge is 0.244 e. The Balaban J connectivity index is 5.17. The molecular weight excluding hydrogens is 292 g/mol. The summed E-state index contributed by atoms with van der Waals surface area (Å²) < 4.78 is 5.61. The first-order valence-electron chi connectivity index (χ1n) is 8.38. The van der Waals surface area contributed by atoms with Gasteiger partial charge in [-0.15, -0.1) is 0 Å². The minimum atomic E-state index is 0.0204. The lowest BCUT2D eigenvalue weighted by Crippen LogP contribution is -2.50. The molecule has 0 aromatic heterocycles. The van der Waals surface area contributed by atoms with Gasteiger partial charge in [0.05, 0.1) is 12.1 Å². The second-order valence-electron chi connectivity index (χ2n) is 6.47. The summed E-state index contributed by atoms with van der Waals surface area (Å²) in [6.07, 6.45) is 1.93. The molecule has 0 heterocycles. The van der Waals surface area contributed by atoms with Crippen LogP contribution in [0.25, 0.3) is 0 Å². The van der Waals surface area contributed by atoms with Crippen LogP contribution in [0.15, 0.2) is 4.99 Å². The van der Waals surface area contributed by atoms with E-state index in [0.29, 0.717) is 5.92 Å². The van der Waals surface area contributed by atoms with E-state index in [9.17, 15) is 4.79 Å². The highest BCUT2D eigenvalue weighted by Crippen LogP contribution is 2.21. The van der Waals surface area contributed by atoms with Crippen molar-refractivity contribution in [2.24, 2.45) is 10.9 Å². The summed E-state index contributed by atoms with van der Waals surface area (Å²) >= 11 is 0. The molecule has 0 rings (SSSR count). The maximum Gasteiger partial charge on any atom is 0.244 e. The SMILES string of the molecule is CCC(C)C(C(CC)OC)N(C)C(=O)CN=C(N(C)C)N(C)C. The fourth-order valence-electron chi connectivity index (χ4n) is 2.89. The third kappa shape index (κ3) is 6.37. The lowest BCUT2D eigenvalue weighted by molar-refractivity contribution is -0.135. The number of hydrogen-bond donors (Lipinski definition) is 0. The third-order valence-electron chi connectivity index (χ3n) is 4.31. The molecule has 0 aromatic carbocycles. The van der Waals surface area contributed by atoms with Gasteiger partial charge in [-0.2, -0.15) is 0 Å². The molecule has 0 saturated heterocycles. The number of likely N-dealkylation sites (N-methyl/N-ethyl adjacent to an activating group) is 1. The van der Waals surface area contributed by atoms with E-state index in [1.54, 1.807) is 7.11 Å². The number of carbonyl (C=O) groups is 1. The van der Waals surface area contributed by atoms with Crippen LogP contribution < -0.4 is 0 Å². The van der Waals surface area contributed by atoms with Crippen molar-refractivity contribution >= 4 is 11.9 Å². The van der Waals surface area contributed by atoms with Gasteiger partial charge in [0, 0.05) is 42.3 Å². The van der Waals surface area contributed by atoms with E-state index in [1.807, 2.05) is 49.9 Å². The fraction of sp³-hybridized carbons (Fsp3) is 0.882. The lowest BCUT2D eigenvalue weighted by Gasteiger charge is -2.37. The molecular formula is C17H36N4O2. The Labute approximate surface area is 142 Å². The van der Waals surface area contributed by atoms with Gasteiger partial charge in [-0.1, -0.05) is 27.2 Å². The molecule has 0 aliphatic carbocycles. The van der Waals surface area contributed by atoms with E-state index < -0.39 is 0 Å². The predicted molar refractivity (Wildman–Crippen MR) is 96.8 cm³/mol. The first kappa shape index (κ1) is 21.7. The summed E-state index contributed by atoms with van der Waals surface area (Å²) in [7, 11) is 11.3. The monoisotopic (exact) mass is 328 g/mol. The van der Waals surface area contributed by atoms with E-state index in [2.05, 4.69) is 25.8 Å². The van der Waals surface area contributed by atoms with Crippen molar-refractivity contribution in [3.05, 3.63) is 0 Å². The molecule has 0 aliphatic heterocycles. The number of nitrogens with zero attached hydrogens (tertiary/aromatic N) is 4. The minimum Gasteiger partial charge on any atom is -0.379 e. The van der Waals surface area contributed by atoms with Crippen LogP contribution in [0.5, 0.6) is 0 Å². The summed E-state index contributed by atoms with van der Waals surface area (Å²) in [5.41, 5.74) is 0. The number of aliphatic imine (C=N–C) groups is 1. The van der Waals surface area contributed by atoms with E-state index in [0.717, 1.165) is 18.8 Å². The van der Waals surface area contributed by atoms with Gasteiger partial charge in [0.2, 0.25) is 5.91 Å². The van der Waals surface area contributed by atoms with Gasteiger partial charge in [0.25, 0.3) is 0 Å². The van der Waals surface area contributed by atoms with E-state index in [1.165, 1.54) is 0 Å². The summed E-state index contributed by atoms with van der Waals surface area (Å²) in [6, 6.07) is 0.0693. The highest BCUT2D eigenvalue weighted by molar-refractivity contribution is 5.84.